The number of hydrogen-bond donors (Lipinski definition) is 1. The number of thiazole rings is 1. The zero-order valence-electron chi connectivity index (χ0n) is 16.6. The first-order valence-corrected chi connectivity index (χ1v) is 10.9. The number of hydrogen-bond acceptors (Lipinski definition) is 7. The molecule has 0 aliphatic heterocycles. The minimum Gasteiger partial charge on any atom is -0.485 e. The lowest BCUT2D eigenvalue weighted by Gasteiger charge is -2.11. The molecule has 9 heteroatoms. The predicted molar refractivity (Wildman–Crippen MR) is 117 cm³/mol. The molecule has 0 unspecified atom stereocenters. The number of rotatable bonds is 9. The van der Waals surface area contributed by atoms with Crippen LogP contribution < -0.4 is 10.1 Å². The van der Waals surface area contributed by atoms with Gasteiger partial charge in [0, 0.05) is 11.9 Å². The monoisotopic (exact) mass is 429 g/mol. The van der Waals surface area contributed by atoms with Crippen molar-refractivity contribution in [1.82, 2.24) is 19.7 Å². The van der Waals surface area contributed by atoms with E-state index in [4.69, 9.17) is 4.74 Å². The van der Waals surface area contributed by atoms with Crippen LogP contribution in [0.15, 0.2) is 41.4 Å². The number of allylic oxidation sites excluding steroid dienone is 1. The van der Waals surface area contributed by atoms with E-state index in [0.29, 0.717) is 22.7 Å². The van der Waals surface area contributed by atoms with Gasteiger partial charge in [-0.05, 0) is 38.0 Å². The number of thioether (sulfide) groups is 1. The average molecular weight is 430 g/mol. The van der Waals surface area contributed by atoms with Crippen LogP contribution in [0.5, 0.6) is 5.75 Å². The lowest BCUT2D eigenvalue weighted by molar-refractivity contribution is -0.113. The van der Waals surface area contributed by atoms with E-state index in [1.807, 2.05) is 35.9 Å². The molecule has 0 spiro atoms. The third-order valence-electron chi connectivity index (χ3n) is 4.21. The Morgan fingerprint density at radius 2 is 2.17 bits per heavy atom. The van der Waals surface area contributed by atoms with Crippen LogP contribution in [0.2, 0.25) is 0 Å². The summed E-state index contributed by atoms with van der Waals surface area (Å²) in [6, 6.07) is 5.96. The molecular weight excluding hydrogens is 406 g/mol. The molecule has 1 amide bonds. The van der Waals surface area contributed by atoms with Crippen LogP contribution in [-0.2, 0) is 17.9 Å². The van der Waals surface area contributed by atoms with Gasteiger partial charge in [0.1, 0.15) is 12.4 Å². The van der Waals surface area contributed by atoms with E-state index in [9.17, 15) is 4.79 Å². The number of carbonyl (C=O) groups excluding carboxylic acids is 1. The summed E-state index contributed by atoms with van der Waals surface area (Å²) in [5.41, 5.74) is 3.16. The second-order valence-electron chi connectivity index (χ2n) is 6.42. The molecule has 2 heterocycles. The highest BCUT2D eigenvalue weighted by Gasteiger charge is 2.15. The van der Waals surface area contributed by atoms with Crippen molar-refractivity contribution in [1.29, 1.82) is 0 Å². The van der Waals surface area contributed by atoms with E-state index in [-0.39, 0.29) is 18.3 Å². The van der Waals surface area contributed by atoms with Gasteiger partial charge in [-0.1, -0.05) is 30.0 Å². The molecule has 0 atom stereocenters. The quantitative estimate of drug-likeness (QED) is 0.406. The molecule has 0 aliphatic carbocycles. The summed E-state index contributed by atoms with van der Waals surface area (Å²) in [5.74, 6) is 1.59. The fourth-order valence-electron chi connectivity index (χ4n) is 2.56. The Morgan fingerprint density at radius 1 is 1.34 bits per heavy atom. The number of anilines is 1. The van der Waals surface area contributed by atoms with E-state index in [2.05, 4.69) is 40.1 Å². The summed E-state index contributed by atoms with van der Waals surface area (Å²) in [6.45, 7) is 10.6. The van der Waals surface area contributed by atoms with Crippen LogP contribution in [0.1, 0.15) is 22.6 Å². The third kappa shape index (κ3) is 5.45. The van der Waals surface area contributed by atoms with E-state index in [1.54, 1.807) is 6.08 Å². The van der Waals surface area contributed by atoms with Gasteiger partial charge in [0.15, 0.2) is 16.1 Å². The smallest absolute Gasteiger partial charge is 0.236 e. The maximum Gasteiger partial charge on any atom is 0.236 e. The summed E-state index contributed by atoms with van der Waals surface area (Å²) < 4.78 is 7.86. The van der Waals surface area contributed by atoms with Gasteiger partial charge in [0.2, 0.25) is 5.91 Å². The SMILES string of the molecule is C=CCn1c(COc2cccc(C)c2C)nnc1SCC(=O)Nc1nc(C)cs1. The molecule has 0 aliphatic rings. The Labute approximate surface area is 178 Å². The number of aryl methyl sites for hydroxylation is 2. The average Bonchev–Trinajstić information content (AvgIpc) is 3.27. The number of carbonyl (C=O) groups is 1. The van der Waals surface area contributed by atoms with Crippen molar-refractivity contribution < 1.29 is 9.53 Å². The van der Waals surface area contributed by atoms with Gasteiger partial charge in [-0.3, -0.25) is 9.36 Å². The van der Waals surface area contributed by atoms with Crippen LogP contribution in [0.3, 0.4) is 0 Å². The van der Waals surface area contributed by atoms with Crippen molar-refractivity contribution in [3.63, 3.8) is 0 Å². The second-order valence-corrected chi connectivity index (χ2v) is 8.22. The summed E-state index contributed by atoms with van der Waals surface area (Å²) in [5, 5.41) is 14.4. The van der Waals surface area contributed by atoms with Crippen LogP contribution in [0.4, 0.5) is 5.13 Å². The topological polar surface area (TPSA) is 81.9 Å². The molecule has 29 heavy (non-hydrogen) atoms. The van der Waals surface area contributed by atoms with E-state index >= 15 is 0 Å². The molecule has 0 saturated heterocycles. The van der Waals surface area contributed by atoms with Gasteiger partial charge in [-0.25, -0.2) is 4.98 Å². The first-order chi connectivity index (χ1) is 14.0. The Morgan fingerprint density at radius 3 is 2.90 bits per heavy atom. The summed E-state index contributed by atoms with van der Waals surface area (Å²) in [7, 11) is 0. The maximum atomic E-state index is 12.2. The number of ether oxygens (including phenoxy) is 1. The summed E-state index contributed by atoms with van der Waals surface area (Å²) in [6.07, 6.45) is 1.77. The van der Waals surface area contributed by atoms with Gasteiger partial charge in [0.25, 0.3) is 0 Å². The first kappa shape index (κ1) is 21.1. The van der Waals surface area contributed by atoms with Crippen molar-refractivity contribution >= 4 is 34.1 Å². The Kier molecular flexibility index (Phi) is 7.05. The van der Waals surface area contributed by atoms with Crippen molar-refractivity contribution in [2.24, 2.45) is 0 Å². The molecule has 0 radical (unpaired) electrons. The van der Waals surface area contributed by atoms with Crippen LogP contribution in [-0.4, -0.2) is 31.4 Å². The lowest BCUT2D eigenvalue weighted by atomic mass is 10.1. The first-order valence-electron chi connectivity index (χ1n) is 9.04. The number of nitrogens with zero attached hydrogens (tertiary/aromatic N) is 4. The highest BCUT2D eigenvalue weighted by molar-refractivity contribution is 7.99. The lowest BCUT2D eigenvalue weighted by Crippen LogP contribution is -2.15. The zero-order chi connectivity index (χ0) is 20.8. The Balaban J connectivity index is 1.63. The van der Waals surface area contributed by atoms with Crippen LogP contribution in [0, 0.1) is 20.8 Å². The van der Waals surface area contributed by atoms with Gasteiger partial charge in [-0.15, -0.1) is 28.1 Å². The minimum atomic E-state index is -0.134. The molecule has 152 valence electrons. The molecule has 7 nitrogen and oxygen atoms in total. The summed E-state index contributed by atoms with van der Waals surface area (Å²) in [4.78, 5) is 16.4. The number of aromatic nitrogens is 4. The van der Waals surface area contributed by atoms with Crippen molar-refractivity contribution in [2.75, 3.05) is 11.1 Å². The molecule has 0 fully saturated rings. The van der Waals surface area contributed by atoms with E-state index in [0.717, 1.165) is 17.0 Å². The predicted octanol–water partition coefficient (Wildman–Crippen LogP) is 4.16. The molecule has 0 saturated carbocycles. The molecular formula is C20H23N5O2S2. The highest BCUT2D eigenvalue weighted by atomic mass is 32.2. The molecule has 1 N–H and O–H groups in total. The number of nitrogens with one attached hydrogen (secondary N) is 1. The van der Waals surface area contributed by atoms with Crippen molar-refractivity contribution in [3.05, 3.63) is 58.9 Å². The third-order valence-corrected chi connectivity index (χ3v) is 6.06. The normalized spacial score (nSPS) is 10.7. The van der Waals surface area contributed by atoms with Gasteiger partial charge >= 0.3 is 0 Å². The fraction of sp³-hybridized carbons (Fsp3) is 0.300. The van der Waals surface area contributed by atoms with E-state index in [1.165, 1.54) is 28.7 Å². The van der Waals surface area contributed by atoms with Crippen LogP contribution in [0.25, 0.3) is 0 Å². The maximum absolute atomic E-state index is 12.2. The Bertz CT molecular complexity index is 1010. The van der Waals surface area contributed by atoms with Gasteiger partial charge in [-0.2, -0.15) is 0 Å². The van der Waals surface area contributed by atoms with Crippen molar-refractivity contribution in [2.45, 2.75) is 39.1 Å². The Hall–Kier alpha value is -2.65. The van der Waals surface area contributed by atoms with Gasteiger partial charge < -0.3 is 10.1 Å². The van der Waals surface area contributed by atoms with E-state index < -0.39 is 0 Å². The molecule has 3 aromatic rings. The number of amides is 1. The molecule has 3 rings (SSSR count). The largest absolute Gasteiger partial charge is 0.485 e. The minimum absolute atomic E-state index is 0.134. The highest BCUT2D eigenvalue weighted by Crippen LogP contribution is 2.23. The fourth-order valence-corrected chi connectivity index (χ4v) is 4.04. The summed E-state index contributed by atoms with van der Waals surface area (Å²) >= 11 is 2.73. The number of benzene rings is 1. The molecule has 0 bridgehead atoms. The second kappa shape index (κ2) is 9.71. The zero-order valence-corrected chi connectivity index (χ0v) is 18.3. The van der Waals surface area contributed by atoms with Crippen LogP contribution >= 0.6 is 23.1 Å². The standard InChI is InChI=1S/C20H23N5O2S2/c1-5-9-25-17(10-27-16-8-6-7-13(2)15(16)4)23-24-20(25)29-12-18(26)22-19-21-14(3)11-28-19/h5-8,11H,1,9-10,12H2,2-4H3,(H,21,22,26). The van der Waals surface area contributed by atoms with Gasteiger partial charge in [0.05, 0.1) is 11.4 Å². The molecule has 2 aromatic heterocycles. The van der Waals surface area contributed by atoms with Crippen molar-refractivity contribution in [3.8, 4) is 5.75 Å². The molecule has 1 aromatic carbocycles.